The standard InChI is InChI=1S/C27H27NO2/c1-2-30-27(29)19-14-23-20-11-6-10-18(20)16-28-25(17-8-4-3-5-9-17)22-13-7-12-21(22)24(15-19)26(23)28/h3-9,11-12,14-15,18,20-22,25H,2,10,13,16H2,1H3/t18-,20+,21+,22-,25-/m0/s1. The van der Waals surface area contributed by atoms with E-state index in [1.165, 1.54) is 22.4 Å². The lowest BCUT2D eigenvalue weighted by molar-refractivity contribution is 0.0526. The number of hydrogen-bond donors (Lipinski definition) is 0. The van der Waals surface area contributed by atoms with Gasteiger partial charge < -0.3 is 9.64 Å². The van der Waals surface area contributed by atoms with Crippen LogP contribution in [0.4, 0.5) is 5.69 Å². The molecule has 2 heterocycles. The smallest absolute Gasteiger partial charge is 0.338 e. The second-order valence-electron chi connectivity index (χ2n) is 9.03. The van der Waals surface area contributed by atoms with Gasteiger partial charge in [0.05, 0.1) is 18.2 Å². The van der Waals surface area contributed by atoms with Crippen LogP contribution >= 0.6 is 0 Å². The zero-order valence-corrected chi connectivity index (χ0v) is 17.3. The first-order chi connectivity index (χ1) is 14.8. The van der Waals surface area contributed by atoms with Crippen LogP contribution in [0.5, 0.6) is 0 Å². The summed E-state index contributed by atoms with van der Waals surface area (Å²) >= 11 is 0. The molecule has 0 N–H and O–H groups in total. The summed E-state index contributed by atoms with van der Waals surface area (Å²) in [6.07, 6.45) is 11.6. The minimum absolute atomic E-state index is 0.198. The lowest BCUT2D eigenvalue weighted by Gasteiger charge is -2.51. The highest BCUT2D eigenvalue weighted by Gasteiger charge is 2.48. The first kappa shape index (κ1) is 18.0. The van der Waals surface area contributed by atoms with E-state index in [-0.39, 0.29) is 5.97 Å². The fourth-order valence-electron chi connectivity index (χ4n) is 6.34. The number of rotatable bonds is 3. The maximum Gasteiger partial charge on any atom is 0.338 e. The van der Waals surface area contributed by atoms with Gasteiger partial charge in [-0.25, -0.2) is 4.79 Å². The average Bonchev–Trinajstić information content (AvgIpc) is 3.44. The van der Waals surface area contributed by atoms with E-state index in [1.54, 1.807) is 0 Å². The van der Waals surface area contributed by atoms with Crippen LogP contribution in [0.1, 0.15) is 64.7 Å². The van der Waals surface area contributed by atoms with Gasteiger partial charge in [0.1, 0.15) is 0 Å². The molecule has 0 amide bonds. The summed E-state index contributed by atoms with van der Waals surface area (Å²) in [5.41, 5.74) is 6.13. The summed E-state index contributed by atoms with van der Waals surface area (Å²) in [5.74, 6) is 1.66. The number of ether oxygens (including phenoxy) is 1. The van der Waals surface area contributed by atoms with Crippen molar-refractivity contribution in [1.29, 1.82) is 0 Å². The largest absolute Gasteiger partial charge is 0.462 e. The molecule has 3 heteroatoms. The van der Waals surface area contributed by atoms with Gasteiger partial charge in [0.15, 0.2) is 0 Å². The van der Waals surface area contributed by atoms with Gasteiger partial charge >= 0.3 is 5.97 Å². The maximum atomic E-state index is 12.7. The van der Waals surface area contributed by atoms with Crippen molar-refractivity contribution in [1.82, 2.24) is 0 Å². The van der Waals surface area contributed by atoms with Crippen molar-refractivity contribution in [2.75, 3.05) is 18.1 Å². The number of fused-ring (bicyclic) bond motifs is 4. The van der Waals surface area contributed by atoms with Crippen molar-refractivity contribution in [3.63, 3.8) is 0 Å². The highest BCUT2D eigenvalue weighted by Crippen LogP contribution is 2.58. The number of hydrogen-bond acceptors (Lipinski definition) is 3. The number of carbonyl (C=O) groups excluding carboxylic acids is 1. The summed E-state index contributed by atoms with van der Waals surface area (Å²) in [5, 5.41) is 0. The predicted octanol–water partition coefficient (Wildman–Crippen LogP) is 5.76. The fraction of sp³-hybridized carbons (Fsp3) is 0.370. The van der Waals surface area contributed by atoms with Crippen LogP contribution in [0.3, 0.4) is 0 Å². The monoisotopic (exact) mass is 397 g/mol. The van der Waals surface area contributed by atoms with Gasteiger partial charge in [-0.05, 0) is 60.4 Å². The third-order valence-corrected chi connectivity index (χ3v) is 7.50. The fourth-order valence-corrected chi connectivity index (χ4v) is 6.34. The molecular weight excluding hydrogens is 370 g/mol. The summed E-state index contributed by atoms with van der Waals surface area (Å²) < 4.78 is 5.39. The Morgan fingerprint density at radius 3 is 2.57 bits per heavy atom. The number of allylic oxidation sites excluding steroid dienone is 4. The van der Waals surface area contributed by atoms with Crippen molar-refractivity contribution in [3.05, 3.63) is 89.0 Å². The topological polar surface area (TPSA) is 29.5 Å². The Bertz CT molecular complexity index is 1040. The van der Waals surface area contributed by atoms with Crippen molar-refractivity contribution in [2.24, 2.45) is 11.8 Å². The van der Waals surface area contributed by atoms with Crippen LogP contribution in [0.15, 0.2) is 66.8 Å². The normalized spacial score (nSPS) is 30.0. The Kier molecular flexibility index (Phi) is 4.12. The summed E-state index contributed by atoms with van der Waals surface area (Å²) in [6.45, 7) is 3.36. The minimum atomic E-state index is -0.198. The molecular formula is C27H27NO2. The molecule has 0 saturated carbocycles. The van der Waals surface area contributed by atoms with E-state index in [4.69, 9.17) is 4.74 Å². The molecule has 0 spiro atoms. The summed E-state index contributed by atoms with van der Waals surface area (Å²) in [7, 11) is 0. The van der Waals surface area contributed by atoms with E-state index < -0.39 is 0 Å². The molecule has 2 aromatic carbocycles. The number of esters is 1. The number of benzene rings is 2. The van der Waals surface area contributed by atoms with Crippen LogP contribution in [0, 0.1) is 11.8 Å². The van der Waals surface area contributed by atoms with Crippen molar-refractivity contribution in [3.8, 4) is 0 Å². The van der Waals surface area contributed by atoms with E-state index in [1.807, 2.05) is 6.92 Å². The molecule has 0 fully saturated rings. The lowest BCUT2D eigenvalue weighted by Crippen LogP contribution is -2.46. The molecule has 2 aromatic rings. The molecule has 6 rings (SSSR count). The number of carbonyl (C=O) groups is 1. The number of anilines is 1. The Hall–Kier alpha value is -2.81. The Labute approximate surface area is 178 Å². The molecule has 0 saturated heterocycles. The van der Waals surface area contributed by atoms with E-state index in [9.17, 15) is 4.79 Å². The molecule has 0 unspecified atom stereocenters. The lowest BCUT2D eigenvalue weighted by atomic mass is 9.70. The average molecular weight is 398 g/mol. The van der Waals surface area contributed by atoms with Gasteiger partial charge in [-0.2, -0.15) is 0 Å². The highest BCUT2D eigenvalue weighted by atomic mass is 16.5. The van der Waals surface area contributed by atoms with Gasteiger partial charge in [0.2, 0.25) is 0 Å². The second kappa shape index (κ2) is 6.87. The SMILES string of the molecule is CCOC(=O)c1cc2c3c(c1)[C@@H]1C=CC[C@@H]1[C@H](c1ccccc1)N3C[C@@H]1CC=C[C@@H]21. The summed E-state index contributed by atoms with van der Waals surface area (Å²) in [4.78, 5) is 15.4. The Balaban J connectivity index is 1.57. The molecule has 4 aliphatic rings. The second-order valence-corrected chi connectivity index (χ2v) is 9.03. The number of nitrogens with zero attached hydrogens (tertiary/aromatic N) is 1. The highest BCUT2D eigenvalue weighted by molar-refractivity contribution is 5.92. The van der Waals surface area contributed by atoms with Crippen LogP contribution < -0.4 is 4.90 Å². The van der Waals surface area contributed by atoms with Crippen LogP contribution in [-0.4, -0.2) is 19.1 Å². The quantitative estimate of drug-likeness (QED) is 0.487. The predicted molar refractivity (Wildman–Crippen MR) is 119 cm³/mol. The molecule has 2 aliphatic carbocycles. The zero-order chi connectivity index (χ0) is 20.2. The molecule has 2 aliphatic heterocycles. The Morgan fingerprint density at radius 1 is 1.03 bits per heavy atom. The third-order valence-electron chi connectivity index (χ3n) is 7.50. The van der Waals surface area contributed by atoms with Crippen molar-refractivity contribution in [2.45, 2.75) is 37.6 Å². The minimum Gasteiger partial charge on any atom is -0.462 e. The molecule has 0 aromatic heterocycles. The van der Waals surface area contributed by atoms with Crippen LogP contribution in [-0.2, 0) is 4.74 Å². The van der Waals surface area contributed by atoms with Crippen molar-refractivity contribution < 1.29 is 9.53 Å². The van der Waals surface area contributed by atoms with Crippen molar-refractivity contribution >= 4 is 11.7 Å². The molecule has 152 valence electrons. The Morgan fingerprint density at radius 2 is 1.77 bits per heavy atom. The van der Waals surface area contributed by atoms with E-state index in [0.29, 0.717) is 41.9 Å². The molecule has 5 atom stereocenters. The van der Waals surface area contributed by atoms with E-state index >= 15 is 0 Å². The molecule has 0 radical (unpaired) electrons. The summed E-state index contributed by atoms with van der Waals surface area (Å²) in [6, 6.07) is 15.6. The van der Waals surface area contributed by atoms with Gasteiger partial charge in [0.25, 0.3) is 0 Å². The molecule has 0 bridgehead atoms. The molecule has 30 heavy (non-hydrogen) atoms. The van der Waals surface area contributed by atoms with Gasteiger partial charge in [0, 0.05) is 24.1 Å². The zero-order valence-electron chi connectivity index (χ0n) is 17.3. The third kappa shape index (κ3) is 2.54. The van der Waals surface area contributed by atoms with Crippen LogP contribution in [0.2, 0.25) is 0 Å². The first-order valence-electron chi connectivity index (χ1n) is 11.3. The maximum absolute atomic E-state index is 12.7. The first-order valence-corrected chi connectivity index (χ1v) is 11.3. The van der Waals surface area contributed by atoms with Gasteiger partial charge in [-0.1, -0.05) is 54.6 Å². The van der Waals surface area contributed by atoms with Crippen LogP contribution in [0.25, 0.3) is 0 Å². The van der Waals surface area contributed by atoms with Gasteiger partial charge in [-0.3, -0.25) is 0 Å². The molecule has 3 nitrogen and oxygen atoms in total. The van der Waals surface area contributed by atoms with E-state index in [0.717, 1.165) is 19.4 Å². The van der Waals surface area contributed by atoms with E-state index in [2.05, 4.69) is 71.7 Å². The van der Waals surface area contributed by atoms with Gasteiger partial charge in [-0.15, -0.1) is 0 Å².